The first-order chi connectivity index (χ1) is 10.2. The number of thiophene rings is 1. The molecule has 0 radical (unpaired) electrons. The number of amides is 1. The highest BCUT2D eigenvalue weighted by molar-refractivity contribution is 7.07. The van der Waals surface area contributed by atoms with Crippen LogP contribution in [0.1, 0.15) is 37.9 Å². The molecule has 0 aliphatic carbocycles. The Labute approximate surface area is 130 Å². The van der Waals surface area contributed by atoms with Gasteiger partial charge in [0.25, 0.3) is 0 Å². The molecule has 3 rings (SSSR count). The zero-order chi connectivity index (χ0) is 14.7. The molecule has 5 heteroatoms. The lowest BCUT2D eigenvalue weighted by Crippen LogP contribution is -2.45. The van der Waals surface area contributed by atoms with Gasteiger partial charge in [0.15, 0.2) is 0 Å². The molecule has 2 aliphatic heterocycles. The number of hydrogen-bond acceptors (Lipinski definition) is 4. The van der Waals surface area contributed by atoms with Crippen molar-refractivity contribution in [3.8, 4) is 0 Å². The molecule has 1 amide bonds. The minimum Gasteiger partial charge on any atom is -0.367 e. The van der Waals surface area contributed by atoms with Gasteiger partial charge in [-0.1, -0.05) is 0 Å². The lowest BCUT2D eigenvalue weighted by Gasteiger charge is -2.37. The summed E-state index contributed by atoms with van der Waals surface area (Å²) in [5, 5.41) is 7.55. The van der Waals surface area contributed by atoms with Crippen LogP contribution in [0.3, 0.4) is 0 Å². The molecule has 1 aromatic rings. The second kappa shape index (κ2) is 6.90. The van der Waals surface area contributed by atoms with Crippen LogP contribution in [0.2, 0.25) is 0 Å². The third-order valence-corrected chi connectivity index (χ3v) is 5.16. The van der Waals surface area contributed by atoms with Gasteiger partial charge in [0.05, 0.1) is 12.6 Å². The molecule has 3 unspecified atom stereocenters. The lowest BCUT2D eigenvalue weighted by molar-refractivity contribution is -0.145. The van der Waals surface area contributed by atoms with Gasteiger partial charge in [0, 0.05) is 13.0 Å². The minimum atomic E-state index is 0.0390. The van der Waals surface area contributed by atoms with Crippen molar-refractivity contribution >= 4 is 17.2 Å². The second-order valence-corrected chi connectivity index (χ2v) is 6.97. The third kappa shape index (κ3) is 3.84. The lowest BCUT2D eigenvalue weighted by atomic mass is 10.0. The summed E-state index contributed by atoms with van der Waals surface area (Å²) in [6.45, 7) is 5.66. The summed E-state index contributed by atoms with van der Waals surface area (Å²) in [6, 6.07) is 2.10. The maximum atomic E-state index is 12.5. The van der Waals surface area contributed by atoms with Crippen molar-refractivity contribution in [2.24, 2.45) is 5.92 Å². The van der Waals surface area contributed by atoms with Gasteiger partial charge >= 0.3 is 0 Å². The van der Waals surface area contributed by atoms with Gasteiger partial charge in [0.2, 0.25) is 5.91 Å². The number of carbonyl (C=O) groups excluding carboxylic acids is 1. The Morgan fingerprint density at radius 3 is 3.14 bits per heavy atom. The molecule has 0 bridgehead atoms. The Balaban J connectivity index is 1.54. The number of carbonyl (C=O) groups is 1. The molecule has 2 saturated heterocycles. The maximum absolute atomic E-state index is 12.5. The van der Waals surface area contributed by atoms with Gasteiger partial charge in [-0.05, 0) is 61.2 Å². The van der Waals surface area contributed by atoms with E-state index in [1.807, 2.05) is 4.90 Å². The van der Waals surface area contributed by atoms with Gasteiger partial charge < -0.3 is 15.0 Å². The summed E-state index contributed by atoms with van der Waals surface area (Å²) in [5.74, 6) is 0.970. The minimum absolute atomic E-state index is 0.0390. The summed E-state index contributed by atoms with van der Waals surface area (Å²) >= 11 is 1.68. The van der Waals surface area contributed by atoms with Crippen LogP contribution in [0.5, 0.6) is 0 Å². The second-order valence-electron chi connectivity index (χ2n) is 6.19. The van der Waals surface area contributed by atoms with Gasteiger partial charge in [-0.3, -0.25) is 4.79 Å². The molecule has 3 heterocycles. The van der Waals surface area contributed by atoms with E-state index in [-0.39, 0.29) is 18.1 Å². The van der Waals surface area contributed by atoms with E-state index in [9.17, 15) is 4.79 Å². The standard InChI is InChI=1S/C16H24N2O2S/c1-12-9-18(10-15(20-12)14-5-7-21-11-14)16(19)3-2-13-4-6-17-8-13/h5,7,11-13,15,17H,2-4,6,8-10H2,1H3. The molecule has 3 atom stereocenters. The van der Waals surface area contributed by atoms with Crippen LogP contribution in [-0.2, 0) is 9.53 Å². The number of hydrogen-bond donors (Lipinski definition) is 1. The molecule has 2 aliphatic rings. The first-order valence-corrected chi connectivity index (χ1v) is 8.82. The summed E-state index contributed by atoms with van der Waals surface area (Å²) in [4.78, 5) is 14.5. The van der Waals surface area contributed by atoms with Gasteiger partial charge in [-0.15, -0.1) is 0 Å². The first kappa shape index (κ1) is 15.0. The smallest absolute Gasteiger partial charge is 0.222 e. The van der Waals surface area contributed by atoms with E-state index in [0.717, 1.165) is 26.1 Å². The Hall–Kier alpha value is -0.910. The number of nitrogens with one attached hydrogen (secondary N) is 1. The van der Waals surface area contributed by atoms with Crippen LogP contribution in [0, 0.1) is 5.92 Å². The van der Waals surface area contributed by atoms with Crippen molar-refractivity contribution in [3.63, 3.8) is 0 Å². The van der Waals surface area contributed by atoms with Crippen LogP contribution >= 0.6 is 11.3 Å². The molecular weight excluding hydrogens is 284 g/mol. The molecule has 1 N–H and O–H groups in total. The van der Waals surface area contributed by atoms with Crippen molar-refractivity contribution in [1.82, 2.24) is 10.2 Å². The average Bonchev–Trinajstić information content (AvgIpc) is 3.17. The SMILES string of the molecule is CC1CN(C(=O)CCC2CCNC2)CC(c2ccsc2)O1. The Morgan fingerprint density at radius 2 is 2.43 bits per heavy atom. The van der Waals surface area contributed by atoms with Gasteiger partial charge in [0.1, 0.15) is 6.10 Å². The van der Waals surface area contributed by atoms with E-state index >= 15 is 0 Å². The molecule has 0 spiro atoms. The molecule has 0 aromatic carbocycles. The van der Waals surface area contributed by atoms with E-state index in [2.05, 4.69) is 29.1 Å². The Bertz CT molecular complexity index is 457. The first-order valence-electron chi connectivity index (χ1n) is 7.88. The predicted octanol–water partition coefficient (Wildman–Crippen LogP) is 2.43. The van der Waals surface area contributed by atoms with E-state index in [0.29, 0.717) is 18.9 Å². The van der Waals surface area contributed by atoms with Crippen LogP contribution in [0.15, 0.2) is 16.8 Å². The van der Waals surface area contributed by atoms with E-state index in [1.54, 1.807) is 11.3 Å². The van der Waals surface area contributed by atoms with Crippen LogP contribution in [0.25, 0.3) is 0 Å². The Morgan fingerprint density at radius 1 is 1.52 bits per heavy atom. The van der Waals surface area contributed by atoms with Crippen LogP contribution in [0.4, 0.5) is 0 Å². The van der Waals surface area contributed by atoms with Crippen molar-refractivity contribution in [1.29, 1.82) is 0 Å². The normalized spacial score (nSPS) is 29.8. The van der Waals surface area contributed by atoms with Crippen molar-refractivity contribution < 1.29 is 9.53 Å². The monoisotopic (exact) mass is 308 g/mol. The van der Waals surface area contributed by atoms with E-state index in [4.69, 9.17) is 4.74 Å². The van der Waals surface area contributed by atoms with Gasteiger partial charge in [-0.25, -0.2) is 0 Å². The molecule has 0 saturated carbocycles. The molecule has 2 fully saturated rings. The van der Waals surface area contributed by atoms with Crippen LogP contribution in [-0.4, -0.2) is 43.1 Å². The number of morpholine rings is 1. The fourth-order valence-electron chi connectivity index (χ4n) is 3.24. The zero-order valence-electron chi connectivity index (χ0n) is 12.6. The van der Waals surface area contributed by atoms with Gasteiger partial charge in [-0.2, -0.15) is 11.3 Å². The summed E-state index contributed by atoms with van der Waals surface area (Å²) < 4.78 is 5.99. The maximum Gasteiger partial charge on any atom is 0.222 e. The van der Waals surface area contributed by atoms with Crippen molar-refractivity contribution in [2.45, 2.75) is 38.4 Å². The van der Waals surface area contributed by atoms with Crippen molar-refractivity contribution in [3.05, 3.63) is 22.4 Å². The molecule has 116 valence electrons. The number of ether oxygens (including phenoxy) is 1. The average molecular weight is 308 g/mol. The number of rotatable bonds is 4. The third-order valence-electron chi connectivity index (χ3n) is 4.46. The molecule has 21 heavy (non-hydrogen) atoms. The van der Waals surface area contributed by atoms with Crippen LogP contribution < -0.4 is 5.32 Å². The molecular formula is C16H24N2O2S. The summed E-state index contributed by atoms with van der Waals surface area (Å²) in [7, 11) is 0. The molecule has 4 nitrogen and oxygen atoms in total. The highest BCUT2D eigenvalue weighted by Crippen LogP contribution is 2.27. The highest BCUT2D eigenvalue weighted by Gasteiger charge is 2.29. The highest BCUT2D eigenvalue weighted by atomic mass is 32.1. The predicted molar refractivity (Wildman–Crippen MR) is 84.4 cm³/mol. The Kier molecular flexibility index (Phi) is 4.93. The zero-order valence-corrected chi connectivity index (χ0v) is 13.4. The topological polar surface area (TPSA) is 41.6 Å². The fraction of sp³-hybridized carbons (Fsp3) is 0.688. The largest absolute Gasteiger partial charge is 0.367 e. The number of nitrogens with zero attached hydrogens (tertiary/aromatic N) is 1. The molecule has 1 aromatic heterocycles. The summed E-state index contributed by atoms with van der Waals surface area (Å²) in [5.41, 5.74) is 1.20. The fourth-order valence-corrected chi connectivity index (χ4v) is 3.95. The summed E-state index contributed by atoms with van der Waals surface area (Å²) in [6.07, 6.45) is 3.05. The van der Waals surface area contributed by atoms with E-state index in [1.165, 1.54) is 12.0 Å². The van der Waals surface area contributed by atoms with E-state index < -0.39 is 0 Å². The van der Waals surface area contributed by atoms with Crippen molar-refractivity contribution in [2.75, 3.05) is 26.2 Å². The quantitative estimate of drug-likeness (QED) is 0.929.